The fourth-order valence-electron chi connectivity index (χ4n) is 1.67. The molecule has 1 aromatic rings. The first-order valence-electron chi connectivity index (χ1n) is 6.05. The van der Waals surface area contributed by atoms with E-state index in [1.54, 1.807) is 6.20 Å². The monoisotopic (exact) mass is 232 g/mol. The highest BCUT2D eigenvalue weighted by Crippen LogP contribution is 2.18. The summed E-state index contributed by atoms with van der Waals surface area (Å²) < 4.78 is 0. The Balaban J connectivity index is 2.80. The van der Waals surface area contributed by atoms with Crippen molar-refractivity contribution in [1.29, 1.82) is 0 Å². The predicted molar refractivity (Wildman–Crippen MR) is 70.8 cm³/mol. The second-order valence-corrected chi connectivity index (χ2v) is 3.99. The van der Waals surface area contributed by atoms with E-state index in [0.717, 1.165) is 18.7 Å². The number of aliphatic hydroxyl groups excluding tert-OH is 1. The Morgan fingerprint density at radius 2 is 2.24 bits per heavy atom. The van der Waals surface area contributed by atoms with Gasteiger partial charge in [0.1, 0.15) is 0 Å². The third kappa shape index (κ3) is 3.76. The van der Waals surface area contributed by atoms with E-state index in [9.17, 15) is 5.11 Å². The van der Waals surface area contributed by atoms with E-state index in [0.29, 0.717) is 18.7 Å². The molecule has 1 aromatic heterocycles. The van der Waals surface area contributed by atoms with Gasteiger partial charge in [0.05, 0.1) is 30.2 Å². The zero-order chi connectivity index (χ0) is 12.7. The van der Waals surface area contributed by atoms with Gasteiger partial charge in [-0.25, -0.2) is 0 Å². The normalized spacial score (nSPS) is 11.9. The van der Waals surface area contributed by atoms with Crippen LogP contribution in [-0.2, 0) is 0 Å². The van der Waals surface area contributed by atoms with E-state index in [2.05, 4.69) is 22.7 Å². The molecule has 0 spiro atoms. The fourth-order valence-corrected chi connectivity index (χ4v) is 1.67. The van der Waals surface area contributed by atoms with E-state index < -0.39 is 6.10 Å². The van der Waals surface area contributed by atoms with Crippen molar-refractivity contribution in [2.45, 2.75) is 32.8 Å². The Kier molecular flexibility index (Phi) is 5.51. The van der Waals surface area contributed by atoms with Gasteiger partial charge in [0, 0.05) is 6.54 Å². The van der Waals surface area contributed by atoms with Crippen LogP contribution in [0.15, 0.2) is 18.3 Å². The molecule has 0 amide bonds. The van der Waals surface area contributed by atoms with Gasteiger partial charge >= 0.3 is 0 Å². The topological polar surface area (TPSA) is 36.4 Å². The molecule has 0 radical (unpaired) electrons. The van der Waals surface area contributed by atoms with E-state index >= 15 is 0 Å². The zero-order valence-electron chi connectivity index (χ0n) is 10.6. The molecule has 0 bridgehead atoms. The second-order valence-electron chi connectivity index (χ2n) is 3.99. The fraction of sp³-hybridized carbons (Fsp3) is 0.500. The van der Waals surface area contributed by atoms with Crippen molar-refractivity contribution >= 4 is 5.69 Å². The standard InChI is InChI=1S/C14H20N2O/c1-4-9-16(10-5-2)12-7-8-13(15-11-12)14(17)6-3/h1,7-8,11,14,17H,5-6,9-10H2,2-3H3/t14-/m1/s1. The van der Waals surface area contributed by atoms with Crippen molar-refractivity contribution in [2.75, 3.05) is 18.0 Å². The lowest BCUT2D eigenvalue weighted by Gasteiger charge is -2.21. The van der Waals surface area contributed by atoms with Crippen molar-refractivity contribution in [1.82, 2.24) is 4.98 Å². The molecule has 92 valence electrons. The third-order valence-electron chi connectivity index (χ3n) is 2.64. The number of hydrogen-bond acceptors (Lipinski definition) is 3. The second kappa shape index (κ2) is 6.93. The molecule has 1 rings (SSSR count). The average molecular weight is 232 g/mol. The number of pyridine rings is 1. The maximum Gasteiger partial charge on any atom is 0.0957 e. The van der Waals surface area contributed by atoms with Crippen molar-refractivity contribution in [3.05, 3.63) is 24.0 Å². The highest BCUT2D eigenvalue weighted by molar-refractivity contribution is 5.45. The molecule has 0 saturated carbocycles. The molecular weight excluding hydrogens is 212 g/mol. The van der Waals surface area contributed by atoms with Gasteiger partial charge in [-0.05, 0) is 25.0 Å². The van der Waals surface area contributed by atoms with Gasteiger partial charge in [0.15, 0.2) is 0 Å². The molecule has 0 aromatic carbocycles. The number of aromatic nitrogens is 1. The third-order valence-corrected chi connectivity index (χ3v) is 2.64. The van der Waals surface area contributed by atoms with E-state index in [4.69, 9.17) is 6.42 Å². The molecular formula is C14H20N2O. The summed E-state index contributed by atoms with van der Waals surface area (Å²) in [5, 5.41) is 9.66. The van der Waals surface area contributed by atoms with Crippen LogP contribution in [0.25, 0.3) is 0 Å². The van der Waals surface area contributed by atoms with Crippen molar-refractivity contribution in [2.24, 2.45) is 0 Å². The number of rotatable bonds is 6. The average Bonchev–Trinajstić information content (AvgIpc) is 2.38. The van der Waals surface area contributed by atoms with Crippen molar-refractivity contribution in [3.63, 3.8) is 0 Å². The van der Waals surface area contributed by atoms with Gasteiger partial charge in [-0.3, -0.25) is 4.98 Å². The minimum atomic E-state index is -0.476. The predicted octanol–water partition coefficient (Wildman–Crippen LogP) is 2.37. The maximum atomic E-state index is 9.66. The Labute approximate surface area is 103 Å². The number of nitrogens with zero attached hydrogens (tertiary/aromatic N) is 2. The van der Waals surface area contributed by atoms with Gasteiger partial charge in [-0.15, -0.1) is 6.42 Å². The number of hydrogen-bond donors (Lipinski definition) is 1. The smallest absolute Gasteiger partial charge is 0.0957 e. The summed E-state index contributed by atoms with van der Waals surface area (Å²) in [6.45, 7) is 5.56. The molecule has 3 nitrogen and oxygen atoms in total. The van der Waals surface area contributed by atoms with Crippen molar-refractivity contribution in [3.8, 4) is 12.3 Å². The lowest BCUT2D eigenvalue weighted by molar-refractivity contribution is 0.169. The molecule has 3 heteroatoms. The SMILES string of the molecule is C#CCN(CCC)c1ccc([C@H](O)CC)nc1. The summed E-state index contributed by atoms with van der Waals surface area (Å²) >= 11 is 0. The first-order chi connectivity index (χ1) is 8.22. The Bertz CT molecular complexity index is 367. The van der Waals surface area contributed by atoms with Crippen molar-refractivity contribution < 1.29 is 5.11 Å². The molecule has 1 heterocycles. The van der Waals surface area contributed by atoms with Gasteiger partial charge in [-0.2, -0.15) is 0 Å². The summed E-state index contributed by atoms with van der Waals surface area (Å²) in [7, 11) is 0. The summed E-state index contributed by atoms with van der Waals surface area (Å²) in [5.74, 6) is 2.65. The van der Waals surface area contributed by atoms with E-state index in [1.165, 1.54) is 0 Å². The summed E-state index contributed by atoms with van der Waals surface area (Å²) in [4.78, 5) is 6.38. The van der Waals surface area contributed by atoms with Crippen LogP contribution < -0.4 is 4.90 Å². The molecule has 1 atom stereocenters. The molecule has 0 fully saturated rings. The van der Waals surface area contributed by atoms with E-state index in [1.807, 2.05) is 19.1 Å². The summed E-state index contributed by atoms with van der Waals surface area (Å²) in [6.07, 6.45) is 8.37. The Morgan fingerprint density at radius 3 is 2.71 bits per heavy atom. The minimum absolute atomic E-state index is 0.476. The molecule has 0 aliphatic carbocycles. The lowest BCUT2D eigenvalue weighted by atomic mass is 10.2. The van der Waals surface area contributed by atoms with Gasteiger partial charge < -0.3 is 10.0 Å². The summed E-state index contributed by atoms with van der Waals surface area (Å²) in [5.41, 5.74) is 1.73. The Morgan fingerprint density at radius 1 is 1.47 bits per heavy atom. The first-order valence-corrected chi connectivity index (χ1v) is 6.05. The van der Waals surface area contributed by atoms with Crippen LogP contribution in [0.5, 0.6) is 0 Å². The van der Waals surface area contributed by atoms with Crippen LogP contribution in [0.2, 0.25) is 0 Å². The first kappa shape index (κ1) is 13.5. The lowest BCUT2D eigenvalue weighted by Crippen LogP contribution is -2.24. The van der Waals surface area contributed by atoms with Gasteiger partial charge in [0.2, 0.25) is 0 Å². The van der Waals surface area contributed by atoms with Crippen LogP contribution in [0, 0.1) is 12.3 Å². The number of terminal acetylenes is 1. The largest absolute Gasteiger partial charge is 0.387 e. The van der Waals surface area contributed by atoms with Gasteiger partial charge in [0.25, 0.3) is 0 Å². The number of aliphatic hydroxyl groups is 1. The van der Waals surface area contributed by atoms with Crippen LogP contribution in [0.4, 0.5) is 5.69 Å². The molecule has 0 aliphatic heterocycles. The highest BCUT2D eigenvalue weighted by Gasteiger charge is 2.08. The molecule has 0 unspecified atom stereocenters. The zero-order valence-corrected chi connectivity index (χ0v) is 10.6. The molecule has 0 aliphatic rings. The Hall–Kier alpha value is -1.53. The van der Waals surface area contributed by atoms with Crippen LogP contribution in [-0.4, -0.2) is 23.2 Å². The minimum Gasteiger partial charge on any atom is -0.387 e. The van der Waals surface area contributed by atoms with Gasteiger partial charge in [-0.1, -0.05) is 19.8 Å². The molecule has 0 saturated heterocycles. The highest BCUT2D eigenvalue weighted by atomic mass is 16.3. The van der Waals surface area contributed by atoms with Crippen LogP contribution in [0.3, 0.4) is 0 Å². The quantitative estimate of drug-likeness (QED) is 0.765. The molecule has 17 heavy (non-hydrogen) atoms. The van der Waals surface area contributed by atoms with Crippen LogP contribution in [0.1, 0.15) is 38.5 Å². The summed E-state index contributed by atoms with van der Waals surface area (Å²) in [6, 6.07) is 3.83. The number of anilines is 1. The maximum absolute atomic E-state index is 9.66. The molecule has 1 N–H and O–H groups in total. The van der Waals surface area contributed by atoms with Crippen LogP contribution >= 0.6 is 0 Å². The van der Waals surface area contributed by atoms with E-state index in [-0.39, 0.29) is 0 Å².